The lowest BCUT2D eigenvalue weighted by Gasteiger charge is -2.39. The summed E-state index contributed by atoms with van der Waals surface area (Å²) in [4.78, 5) is 21.4. The molecular weight excluding hydrogens is 352 g/mol. The van der Waals surface area contributed by atoms with Crippen LogP contribution in [0.15, 0.2) is 5.10 Å². The summed E-state index contributed by atoms with van der Waals surface area (Å²) in [5.41, 5.74) is 4.47. The maximum atomic E-state index is 4.85. The molecule has 1 N–H and O–H groups in total. The fourth-order valence-corrected chi connectivity index (χ4v) is 4.91. The van der Waals surface area contributed by atoms with Crippen LogP contribution in [0, 0.1) is 5.92 Å². The highest BCUT2D eigenvalue weighted by molar-refractivity contribution is 5.90. The standard InChI is InChI=1S/C20H32N8/c1-3-9-27(10-4-1)19-21-18(22-20(23-19)28-11-5-2-6-12-28)25-24-17-15-26-13-7-16(17)8-14-26/h16H,1-15H2,(H,21,22,23,25). The molecule has 0 aliphatic carbocycles. The lowest BCUT2D eigenvalue weighted by molar-refractivity contribution is 0.200. The highest BCUT2D eigenvalue weighted by Crippen LogP contribution is 2.26. The van der Waals surface area contributed by atoms with Crippen LogP contribution >= 0.6 is 0 Å². The van der Waals surface area contributed by atoms with Gasteiger partial charge in [-0.05, 0) is 64.5 Å². The number of anilines is 3. The Balaban J connectivity index is 1.39. The van der Waals surface area contributed by atoms with E-state index in [2.05, 4.69) is 20.1 Å². The monoisotopic (exact) mass is 384 g/mol. The molecule has 0 atom stereocenters. The fourth-order valence-electron chi connectivity index (χ4n) is 4.91. The molecule has 1 aromatic rings. The zero-order chi connectivity index (χ0) is 18.8. The Morgan fingerprint density at radius 1 is 0.714 bits per heavy atom. The fraction of sp³-hybridized carbons (Fsp3) is 0.800. The number of hydrazone groups is 1. The van der Waals surface area contributed by atoms with Crippen molar-refractivity contribution in [1.82, 2.24) is 19.9 Å². The lowest BCUT2D eigenvalue weighted by Crippen LogP contribution is -2.48. The molecule has 5 saturated heterocycles. The highest BCUT2D eigenvalue weighted by atomic mass is 15.4. The van der Waals surface area contributed by atoms with E-state index in [0.717, 1.165) is 44.6 Å². The largest absolute Gasteiger partial charge is 0.341 e. The van der Waals surface area contributed by atoms with Gasteiger partial charge in [-0.15, -0.1) is 0 Å². The van der Waals surface area contributed by atoms with Crippen molar-refractivity contribution < 1.29 is 0 Å². The van der Waals surface area contributed by atoms with Gasteiger partial charge in [-0.2, -0.15) is 20.1 Å². The van der Waals surface area contributed by atoms with Crippen LogP contribution in [0.25, 0.3) is 0 Å². The molecule has 8 nitrogen and oxygen atoms in total. The van der Waals surface area contributed by atoms with Crippen LogP contribution in [0.3, 0.4) is 0 Å². The van der Waals surface area contributed by atoms with Gasteiger partial charge in [0.1, 0.15) is 0 Å². The van der Waals surface area contributed by atoms with Crippen molar-refractivity contribution in [1.29, 1.82) is 0 Å². The molecule has 0 spiro atoms. The minimum absolute atomic E-state index is 0.597. The molecule has 0 aromatic carbocycles. The van der Waals surface area contributed by atoms with Crippen molar-refractivity contribution in [3.63, 3.8) is 0 Å². The molecule has 0 radical (unpaired) electrons. The molecule has 8 heteroatoms. The van der Waals surface area contributed by atoms with Gasteiger partial charge in [0, 0.05) is 38.6 Å². The number of rotatable bonds is 4. The van der Waals surface area contributed by atoms with E-state index in [4.69, 9.17) is 20.1 Å². The summed E-state index contributed by atoms with van der Waals surface area (Å²) in [5, 5.41) is 4.74. The summed E-state index contributed by atoms with van der Waals surface area (Å²) in [6, 6.07) is 0. The van der Waals surface area contributed by atoms with Gasteiger partial charge in [-0.3, -0.25) is 4.90 Å². The summed E-state index contributed by atoms with van der Waals surface area (Å²) in [6.45, 7) is 7.56. The molecule has 6 heterocycles. The molecule has 0 unspecified atom stereocenters. The van der Waals surface area contributed by atoms with Crippen molar-refractivity contribution in [3.05, 3.63) is 0 Å². The first-order valence-electron chi connectivity index (χ1n) is 11.2. The molecule has 0 amide bonds. The number of nitrogens with zero attached hydrogens (tertiary/aromatic N) is 7. The van der Waals surface area contributed by atoms with E-state index >= 15 is 0 Å². The van der Waals surface area contributed by atoms with Crippen molar-refractivity contribution in [2.75, 3.05) is 61.0 Å². The van der Waals surface area contributed by atoms with Crippen LogP contribution in [-0.4, -0.2) is 71.4 Å². The van der Waals surface area contributed by atoms with Gasteiger partial charge < -0.3 is 9.80 Å². The Labute approximate surface area is 167 Å². The number of hydrogen-bond donors (Lipinski definition) is 1. The number of fused-ring (bicyclic) bond motifs is 3. The average molecular weight is 385 g/mol. The topological polar surface area (TPSA) is 72.8 Å². The first kappa shape index (κ1) is 18.1. The molecule has 152 valence electrons. The molecule has 2 bridgehead atoms. The second kappa shape index (κ2) is 8.19. The summed E-state index contributed by atoms with van der Waals surface area (Å²) >= 11 is 0. The predicted octanol–water partition coefficient (Wildman–Crippen LogP) is 2.35. The van der Waals surface area contributed by atoms with Crippen molar-refractivity contribution in [3.8, 4) is 0 Å². The van der Waals surface area contributed by atoms with E-state index in [9.17, 15) is 0 Å². The molecule has 0 saturated carbocycles. The van der Waals surface area contributed by atoms with Crippen LogP contribution in [0.1, 0.15) is 51.4 Å². The Hall–Kier alpha value is -1.96. The van der Waals surface area contributed by atoms with Gasteiger partial charge in [-0.1, -0.05) is 0 Å². The maximum absolute atomic E-state index is 4.85. The van der Waals surface area contributed by atoms with Crippen LogP contribution in [0.2, 0.25) is 0 Å². The normalized spacial score (nSPS) is 29.4. The minimum atomic E-state index is 0.597. The Kier molecular flexibility index (Phi) is 5.29. The highest BCUT2D eigenvalue weighted by Gasteiger charge is 2.31. The molecule has 1 aromatic heterocycles. The average Bonchev–Trinajstić information content (AvgIpc) is 2.79. The lowest BCUT2D eigenvalue weighted by atomic mass is 9.87. The summed E-state index contributed by atoms with van der Waals surface area (Å²) in [5.74, 6) is 2.85. The van der Waals surface area contributed by atoms with E-state index in [1.54, 1.807) is 0 Å². The number of hydrogen-bond acceptors (Lipinski definition) is 8. The Bertz CT molecular complexity index is 664. The summed E-state index contributed by atoms with van der Waals surface area (Å²) in [6.07, 6.45) is 9.93. The third kappa shape index (κ3) is 3.92. The molecule has 5 aliphatic heterocycles. The van der Waals surface area contributed by atoms with Gasteiger partial charge in [0.2, 0.25) is 17.8 Å². The van der Waals surface area contributed by atoms with Crippen LogP contribution < -0.4 is 15.2 Å². The van der Waals surface area contributed by atoms with Gasteiger partial charge in [-0.25, -0.2) is 5.43 Å². The second-order valence-corrected chi connectivity index (χ2v) is 8.62. The van der Waals surface area contributed by atoms with Gasteiger partial charge in [0.25, 0.3) is 0 Å². The van der Waals surface area contributed by atoms with Crippen molar-refractivity contribution >= 4 is 23.6 Å². The SMILES string of the molecule is C1CCN(c2nc(NN=C3CN4CCC3CC4)nc(N3CCCCC3)n2)CC1. The van der Waals surface area contributed by atoms with E-state index in [0.29, 0.717) is 11.9 Å². The van der Waals surface area contributed by atoms with Crippen LogP contribution in [0.4, 0.5) is 17.8 Å². The number of aromatic nitrogens is 3. The Morgan fingerprint density at radius 3 is 1.79 bits per heavy atom. The molecular formula is C20H32N8. The van der Waals surface area contributed by atoms with Crippen LogP contribution in [0.5, 0.6) is 0 Å². The third-order valence-electron chi connectivity index (χ3n) is 6.63. The quantitative estimate of drug-likeness (QED) is 0.799. The van der Waals surface area contributed by atoms with Crippen LogP contribution in [-0.2, 0) is 0 Å². The second-order valence-electron chi connectivity index (χ2n) is 8.62. The third-order valence-corrected chi connectivity index (χ3v) is 6.63. The van der Waals surface area contributed by atoms with Gasteiger partial charge in [0.15, 0.2) is 0 Å². The first-order valence-corrected chi connectivity index (χ1v) is 11.2. The number of nitrogens with one attached hydrogen (secondary N) is 1. The summed E-state index contributed by atoms with van der Waals surface area (Å²) < 4.78 is 0. The van der Waals surface area contributed by atoms with Gasteiger partial charge >= 0.3 is 0 Å². The first-order chi connectivity index (χ1) is 13.8. The van der Waals surface area contributed by atoms with Gasteiger partial charge in [0.05, 0.1) is 5.71 Å². The smallest absolute Gasteiger partial charge is 0.250 e. The zero-order valence-corrected chi connectivity index (χ0v) is 16.8. The van der Waals surface area contributed by atoms with E-state index in [1.165, 1.54) is 70.2 Å². The summed E-state index contributed by atoms with van der Waals surface area (Å²) in [7, 11) is 0. The van der Waals surface area contributed by atoms with Crippen molar-refractivity contribution in [2.45, 2.75) is 51.4 Å². The molecule has 28 heavy (non-hydrogen) atoms. The zero-order valence-electron chi connectivity index (χ0n) is 16.8. The predicted molar refractivity (Wildman–Crippen MR) is 112 cm³/mol. The minimum Gasteiger partial charge on any atom is -0.341 e. The molecule has 5 fully saturated rings. The van der Waals surface area contributed by atoms with E-state index in [1.807, 2.05) is 0 Å². The van der Waals surface area contributed by atoms with Crippen molar-refractivity contribution in [2.24, 2.45) is 11.0 Å². The van der Waals surface area contributed by atoms with E-state index < -0.39 is 0 Å². The maximum Gasteiger partial charge on any atom is 0.250 e. The van der Waals surface area contributed by atoms with E-state index in [-0.39, 0.29) is 0 Å². The number of piperidine rings is 5. The Morgan fingerprint density at radius 2 is 1.29 bits per heavy atom. The molecule has 5 aliphatic rings. The molecule has 6 rings (SSSR count).